The average Bonchev–Trinajstić information content (AvgIpc) is 3.94. The fourth-order valence-corrected chi connectivity index (χ4v) is 9.56. The molecule has 7 heterocycles. The number of hydrogen-bond donors (Lipinski definition) is 0. The summed E-state index contributed by atoms with van der Waals surface area (Å²) in [5, 5.41) is 16.4. The van der Waals surface area contributed by atoms with Crippen LogP contribution in [0.25, 0.3) is 105 Å². The lowest BCUT2D eigenvalue weighted by molar-refractivity contribution is 0.984. The zero-order valence-electron chi connectivity index (χ0n) is 33.2. The lowest BCUT2D eigenvalue weighted by atomic mass is 9.93. The summed E-state index contributed by atoms with van der Waals surface area (Å²) in [5.41, 5.74) is 13.6. The number of nitriles is 1. The maximum Gasteiger partial charge on any atom is 0.165 e. The molecule has 0 bridgehead atoms. The maximum atomic E-state index is 10.1. The molecule has 0 N–H and O–H groups in total. The number of para-hydroxylation sites is 3. The van der Waals surface area contributed by atoms with E-state index in [4.69, 9.17) is 9.97 Å². The highest BCUT2D eigenvalue weighted by Crippen LogP contribution is 2.45. The summed E-state index contributed by atoms with van der Waals surface area (Å²) in [7, 11) is 0. The van der Waals surface area contributed by atoms with Gasteiger partial charge in [-0.3, -0.25) is 24.1 Å². The number of nitrogens with zero attached hydrogens (tertiary/aromatic N) is 8. The van der Waals surface area contributed by atoms with Gasteiger partial charge in [-0.2, -0.15) is 5.26 Å². The van der Waals surface area contributed by atoms with Crippen LogP contribution >= 0.6 is 0 Å². The van der Waals surface area contributed by atoms with Gasteiger partial charge in [0.1, 0.15) is 5.82 Å². The maximum absolute atomic E-state index is 10.1. The molecule has 5 aromatic carbocycles. The van der Waals surface area contributed by atoms with E-state index in [0.29, 0.717) is 5.56 Å². The molecule has 12 rings (SSSR count). The van der Waals surface area contributed by atoms with Gasteiger partial charge in [0.05, 0.1) is 50.4 Å². The van der Waals surface area contributed by atoms with Gasteiger partial charge in [-0.25, -0.2) is 4.98 Å². The van der Waals surface area contributed by atoms with E-state index in [2.05, 4.69) is 177 Å². The zero-order chi connectivity index (χ0) is 40.8. The first-order valence-corrected chi connectivity index (χ1v) is 20.3. The van der Waals surface area contributed by atoms with Gasteiger partial charge >= 0.3 is 0 Å². The van der Waals surface area contributed by atoms with E-state index in [-0.39, 0.29) is 0 Å². The molecule has 0 aliphatic heterocycles. The summed E-state index contributed by atoms with van der Waals surface area (Å²) < 4.78 is 6.93. The van der Waals surface area contributed by atoms with E-state index in [1.165, 1.54) is 0 Å². The first-order chi connectivity index (χ1) is 30.1. The molecule has 0 atom stereocenters. The van der Waals surface area contributed by atoms with Crippen molar-refractivity contribution >= 4 is 65.4 Å². The van der Waals surface area contributed by atoms with Gasteiger partial charge in [0.2, 0.25) is 0 Å². The minimum atomic E-state index is 0.605. The Bertz CT molecular complexity index is 3690. The molecule has 0 saturated heterocycles. The predicted octanol–water partition coefficient (Wildman–Crippen LogP) is 12.4. The standard InChI is InChI=1S/C53H34N8/c1-32-25-35(26-33(2)57-32)36-11-3-4-12-37(36)42-28-51(59-45-16-8-6-14-39(45)43-30-55-23-21-49(43)59)58-53(61-47-18-10-7-15-40(47)44-31-56-24-22-50(44)61)52(42)60-46-17-9-5-13-38(46)41-27-34(29-54)19-20-48(41)60/h3-28,30-31H,1-2H3. The molecule has 7 aromatic heterocycles. The van der Waals surface area contributed by atoms with Gasteiger partial charge in [0.25, 0.3) is 0 Å². The van der Waals surface area contributed by atoms with Crippen LogP contribution in [-0.2, 0) is 0 Å². The van der Waals surface area contributed by atoms with Gasteiger partial charge in [0.15, 0.2) is 5.82 Å². The zero-order valence-corrected chi connectivity index (χ0v) is 33.2. The molecular formula is C53H34N8. The summed E-state index contributed by atoms with van der Waals surface area (Å²) in [6.45, 7) is 4.10. The van der Waals surface area contributed by atoms with Crippen LogP contribution in [0.2, 0.25) is 0 Å². The molecule has 0 saturated carbocycles. The molecule has 8 nitrogen and oxygen atoms in total. The molecule has 61 heavy (non-hydrogen) atoms. The van der Waals surface area contributed by atoms with E-state index in [9.17, 15) is 5.26 Å². The highest BCUT2D eigenvalue weighted by molar-refractivity contribution is 6.13. The molecule has 0 radical (unpaired) electrons. The van der Waals surface area contributed by atoms with Crippen molar-refractivity contribution in [2.75, 3.05) is 0 Å². The van der Waals surface area contributed by atoms with Gasteiger partial charge in [0, 0.05) is 74.1 Å². The van der Waals surface area contributed by atoms with Gasteiger partial charge in [-0.05, 0) is 97.3 Å². The Morgan fingerprint density at radius 2 is 0.967 bits per heavy atom. The Balaban J connectivity index is 1.34. The van der Waals surface area contributed by atoms with Crippen molar-refractivity contribution in [2.45, 2.75) is 13.8 Å². The summed E-state index contributed by atoms with van der Waals surface area (Å²) in [6.07, 6.45) is 7.60. The molecule has 0 unspecified atom stereocenters. The minimum absolute atomic E-state index is 0.605. The molecule has 0 aliphatic rings. The monoisotopic (exact) mass is 782 g/mol. The van der Waals surface area contributed by atoms with Crippen LogP contribution in [0.15, 0.2) is 170 Å². The van der Waals surface area contributed by atoms with Crippen LogP contribution in [0.4, 0.5) is 0 Å². The van der Waals surface area contributed by atoms with Crippen molar-refractivity contribution in [3.05, 3.63) is 187 Å². The lowest BCUT2D eigenvalue weighted by Gasteiger charge is -2.23. The molecule has 12 aromatic rings. The second kappa shape index (κ2) is 13.3. The van der Waals surface area contributed by atoms with Crippen LogP contribution < -0.4 is 0 Å². The Labute approximate surface area is 349 Å². The van der Waals surface area contributed by atoms with Crippen LogP contribution in [0.5, 0.6) is 0 Å². The average molecular weight is 783 g/mol. The van der Waals surface area contributed by atoms with E-state index < -0.39 is 0 Å². The minimum Gasteiger partial charge on any atom is -0.305 e. The third-order valence-electron chi connectivity index (χ3n) is 12.0. The molecular weight excluding hydrogens is 749 g/mol. The molecule has 0 spiro atoms. The number of pyridine rings is 4. The quantitative estimate of drug-likeness (QED) is 0.173. The first kappa shape index (κ1) is 34.6. The van der Waals surface area contributed by atoms with Crippen molar-refractivity contribution < 1.29 is 0 Å². The highest BCUT2D eigenvalue weighted by Gasteiger charge is 2.27. The first-order valence-electron chi connectivity index (χ1n) is 20.3. The summed E-state index contributed by atoms with van der Waals surface area (Å²) >= 11 is 0. The summed E-state index contributed by atoms with van der Waals surface area (Å²) in [5.74, 6) is 1.50. The van der Waals surface area contributed by atoms with Crippen molar-refractivity contribution in [2.24, 2.45) is 0 Å². The largest absolute Gasteiger partial charge is 0.305 e. The number of rotatable bonds is 5. The second-order valence-electron chi connectivity index (χ2n) is 15.6. The number of benzene rings is 5. The Hall–Kier alpha value is -8.41. The van der Waals surface area contributed by atoms with Crippen LogP contribution in [0, 0.1) is 25.2 Å². The Morgan fingerprint density at radius 3 is 1.62 bits per heavy atom. The van der Waals surface area contributed by atoms with Crippen molar-refractivity contribution in [1.82, 2.24) is 33.6 Å². The van der Waals surface area contributed by atoms with Gasteiger partial charge in [-0.15, -0.1) is 0 Å². The molecule has 8 heteroatoms. The van der Waals surface area contributed by atoms with Crippen molar-refractivity contribution in [1.29, 1.82) is 5.26 Å². The lowest BCUT2D eigenvalue weighted by Crippen LogP contribution is -2.11. The molecule has 286 valence electrons. The van der Waals surface area contributed by atoms with E-state index in [1.807, 2.05) is 36.9 Å². The number of aryl methyl sites for hydroxylation is 2. The summed E-state index contributed by atoms with van der Waals surface area (Å²) in [4.78, 5) is 19.8. The van der Waals surface area contributed by atoms with Crippen LogP contribution in [-0.4, -0.2) is 33.6 Å². The topological polar surface area (TPSA) is 90.1 Å². The van der Waals surface area contributed by atoms with E-state index in [1.54, 1.807) is 0 Å². The van der Waals surface area contributed by atoms with Gasteiger partial charge < -0.3 is 4.57 Å². The van der Waals surface area contributed by atoms with E-state index in [0.717, 1.165) is 116 Å². The molecule has 0 amide bonds. The second-order valence-corrected chi connectivity index (χ2v) is 15.6. The SMILES string of the molecule is Cc1cc(-c2ccccc2-c2cc(-n3c4ccccc4c4cnccc43)nc(-n3c4ccccc4c4cnccc43)c2-n2c3ccccc3c3cc(C#N)ccc32)cc(C)n1. The fraction of sp³-hybridized carbons (Fsp3) is 0.0377. The third-order valence-corrected chi connectivity index (χ3v) is 12.0. The van der Waals surface area contributed by atoms with Gasteiger partial charge in [-0.1, -0.05) is 78.9 Å². The van der Waals surface area contributed by atoms with Crippen LogP contribution in [0.1, 0.15) is 17.0 Å². The number of fused-ring (bicyclic) bond motifs is 9. The highest BCUT2D eigenvalue weighted by atomic mass is 15.2. The molecule has 0 fully saturated rings. The Kier molecular flexibility index (Phi) is 7.55. The predicted molar refractivity (Wildman–Crippen MR) is 246 cm³/mol. The Morgan fingerprint density at radius 1 is 0.443 bits per heavy atom. The molecule has 0 aliphatic carbocycles. The number of hydrogen-bond acceptors (Lipinski definition) is 5. The third kappa shape index (κ3) is 5.17. The van der Waals surface area contributed by atoms with Crippen molar-refractivity contribution in [3.8, 4) is 45.6 Å². The smallest absolute Gasteiger partial charge is 0.165 e. The number of aromatic nitrogens is 7. The van der Waals surface area contributed by atoms with E-state index >= 15 is 0 Å². The fourth-order valence-electron chi connectivity index (χ4n) is 9.56. The van der Waals surface area contributed by atoms with Crippen molar-refractivity contribution in [3.63, 3.8) is 0 Å². The normalized spacial score (nSPS) is 11.8. The van der Waals surface area contributed by atoms with Crippen LogP contribution in [0.3, 0.4) is 0 Å². The summed E-state index contributed by atoms with van der Waals surface area (Å²) in [6, 6.07) is 53.2.